The molecule has 2 aromatic rings. The smallest absolute Gasteiger partial charge is 0.233 e. The van der Waals surface area contributed by atoms with Crippen molar-refractivity contribution in [2.75, 3.05) is 18.8 Å². The number of likely N-dealkylation sites (tertiary alicyclic amines) is 1. The van der Waals surface area contributed by atoms with Crippen molar-refractivity contribution in [3.05, 3.63) is 41.7 Å². The Morgan fingerprint density at radius 1 is 1.29 bits per heavy atom. The van der Waals surface area contributed by atoms with Crippen LogP contribution in [0.25, 0.3) is 12.2 Å². The third-order valence-corrected chi connectivity index (χ3v) is 5.01. The molecular formula is C18H22N4OS. The number of amides is 1. The molecule has 0 atom stereocenters. The Morgan fingerprint density at radius 3 is 2.79 bits per heavy atom. The molecule has 1 fully saturated rings. The summed E-state index contributed by atoms with van der Waals surface area (Å²) in [5.41, 5.74) is 1.11. The van der Waals surface area contributed by atoms with Gasteiger partial charge in [-0.25, -0.2) is 4.98 Å². The highest BCUT2D eigenvalue weighted by Crippen LogP contribution is 2.19. The van der Waals surface area contributed by atoms with Crippen LogP contribution in [-0.2, 0) is 4.79 Å². The Labute approximate surface area is 146 Å². The lowest BCUT2D eigenvalue weighted by atomic mass is 9.99. The van der Waals surface area contributed by atoms with E-state index in [2.05, 4.69) is 22.1 Å². The molecule has 126 valence electrons. The van der Waals surface area contributed by atoms with E-state index in [0.29, 0.717) is 16.7 Å². The third kappa shape index (κ3) is 4.71. The van der Waals surface area contributed by atoms with Gasteiger partial charge in [0.05, 0.1) is 5.75 Å². The van der Waals surface area contributed by atoms with Crippen molar-refractivity contribution in [1.82, 2.24) is 20.1 Å². The molecule has 1 saturated heterocycles. The number of aromatic amines is 1. The van der Waals surface area contributed by atoms with Crippen LogP contribution in [0.5, 0.6) is 0 Å². The summed E-state index contributed by atoms with van der Waals surface area (Å²) in [4.78, 5) is 18.6. The number of aromatic nitrogens is 3. The number of hydrogen-bond acceptors (Lipinski definition) is 4. The molecule has 0 aliphatic carbocycles. The van der Waals surface area contributed by atoms with Gasteiger partial charge in [-0.1, -0.05) is 55.1 Å². The van der Waals surface area contributed by atoms with Gasteiger partial charge in [0.1, 0.15) is 5.82 Å². The van der Waals surface area contributed by atoms with Gasteiger partial charge < -0.3 is 4.90 Å². The van der Waals surface area contributed by atoms with E-state index in [-0.39, 0.29) is 5.91 Å². The Balaban J connectivity index is 1.49. The largest absolute Gasteiger partial charge is 0.342 e. The SMILES string of the molecule is CC1CCN(C(=O)CSc2n[nH]c(/C=C/c3ccccc3)n2)CC1. The quantitative estimate of drug-likeness (QED) is 0.847. The number of H-pyrrole nitrogens is 1. The summed E-state index contributed by atoms with van der Waals surface area (Å²) in [6.45, 7) is 3.99. The topological polar surface area (TPSA) is 61.9 Å². The summed E-state index contributed by atoms with van der Waals surface area (Å²) >= 11 is 1.39. The number of rotatable bonds is 5. The second kappa shape index (κ2) is 8.15. The molecule has 0 radical (unpaired) electrons. The fraction of sp³-hybridized carbons (Fsp3) is 0.389. The molecular weight excluding hydrogens is 320 g/mol. The molecule has 3 rings (SSSR count). The summed E-state index contributed by atoms with van der Waals surface area (Å²) in [5.74, 6) is 2.00. The molecule has 0 saturated carbocycles. The van der Waals surface area contributed by atoms with Gasteiger partial charge in [-0.05, 0) is 30.4 Å². The molecule has 0 bridgehead atoms. The maximum Gasteiger partial charge on any atom is 0.233 e. The highest BCUT2D eigenvalue weighted by Gasteiger charge is 2.20. The first-order valence-corrected chi connectivity index (χ1v) is 9.25. The summed E-state index contributed by atoms with van der Waals surface area (Å²) in [6.07, 6.45) is 6.08. The molecule has 5 nitrogen and oxygen atoms in total. The van der Waals surface area contributed by atoms with E-state index in [1.807, 2.05) is 47.4 Å². The predicted molar refractivity (Wildman–Crippen MR) is 97.5 cm³/mol. The summed E-state index contributed by atoms with van der Waals surface area (Å²) in [6, 6.07) is 10.0. The summed E-state index contributed by atoms with van der Waals surface area (Å²) < 4.78 is 0. The van der Waals surface area contributed by atoms with Crippen LogP contribution < -0.4 is 0 Å². The first-order chi connectivity index (χ1) is 11.7. The van der Waals surface area contributed by atoms with E-state index in [4.69, 9.17) is 0 Å². The summed E-state index contributed by atoms with van der Waals surface area (Å²) in [5, 5.41) is 7.67. The zero-order chi connectivity index (χ0) is 16.8. The van der Waals surface area contributed by atoms with E-state index in [1.165, 1.54) is 11.8 Å². The Morgan fingerprint density at radius 2 is 2.04 bits per heavy atom. The first kappa shape index (κ1) is 16.8. The first-order valence-electron chi connectivity index (χ1n) is 8.27. The third-order valence-electron chi connectivity index (χ3n) is 4.18. The maximum absolute atomic E-state index is 12.2. The van der Waals surface area contributed by atoms with Crippen LogP contribution in [0.3, 0.4) is 0 Å². The number of carbonyl (C=O) groups is 1. The van der Waals surface area contributed by atoms with Crippen LogP contribution in [0.1, 0.15) is 31.2 Å². The zero-order valence-electron chi connectivity index (χ0n) is 13.8. The monoisotopic (exact) mass is 342 g/mol. The zero-order valence-corrected chi connectivity index (χ0v) is 14.6. The van der Waals surface area contributed by atoms with Crippen molar-refractivity contribution in [2.45, 2.75) is 24.9 Å². The van der Waals surface area contributed by atoms with Crippen LogP contribution in [-0.4, -0.2) is 44.8 Å². The van der Waals surface area contributed by atoms with Gasteiger partial charge in [-0.2, -0.15) is 0 Å². The Bertz CT molecular complexity index is 690. The molecule has 1 aliphatic heterocycles. The standard InChI is InChI=1S/C18H22N4OS/c1-14-9-11-22(12-10-14)17(23)13-24-18-19-16(20-21-18)8-7-15-5-3-2-4-6-15/h2-8,14H,9-13H2,1H3,(H,19,20,21)/b8-7+. The predicted octanol–water partition coefficient (Wildman–Crippen LogP) is 3.33. The normalized spacial score (nSPS) is 16.0. The van der Waals surface area contributed by atoms with E-state index in [0.717, 1.165) is 37.4 Å². The molecule has 6 heteroatoms. The van der Waals surface area contributed by atoms with E-state index in [1.54, 1.807) is 0 Å². The lowest BCUT2D eigenvalue weighted by Gasteiger charge is -2.30. The fourth-order valence-electron chi connectivity index (χ4n) is 2.61. The van der Waals surface area contributed by atoms with Gasteiger partial charge in [0.15, 0.2) is 0 Å². The average Bonchev–Trinajstić information content (AvgIpc) is 3.07. The fourth-order valence-corrected chi connectivity index (χ4v) is 3.32. The van der Waals surface area contributed by atoms with E-state index in [9.17, 15) is 4.79 Å². The molecule has 1 aromatic carbocycles. The van der Waals surface area contributed by atoms with Gasteiger partial charge in [0.2, 0.25) is 11.1 Å². The molecule has 0 unspecified atom stereocenters. The van der Waals surface area contributed by atoms with Gasteiger partial charge >= 0.3 is 0 Å². The molecule has 24 heavy (non-hydrogen) atoms. The Kier molecular flexibility index (Phi) is 5.69. The number of carbonyl (C=O) groups excluding carboxylic acids is 1. The number of nitrogens with one attached hydrogen (secondary N) is 1. The van der Waals surface area contributed by atoms with Crippen molar-refractivity contribution in [1.29, 1.82) is 0 Å². The number of nitrogens with zero attached hydrogens (tertiary/aromatic N) is 3. The van der Waals surface area contributed by atoms with Gasteiger partial charge in [-0.15, -0.1) is 5.10 Å². The summed E-state index contributed by atoms with van der Waals surface area (Å²) in [7, 11) is 0. The van der Waals surface area contributed by atoms with Crippen LogP contribution in [0.15, 0.2) is 35.5 Å². The minimum atomic E-state index is 0.179. The second-order valence-electron chi connectivity index (χ2n) is 6.10. The van der Waals surface area contributed by atoms with Gasteiger partial charge in [0.25, 0.3) is 0 Å². The number of thioether (sulfide) groups is 1. The Hall–Kier alpha value is -2.08. The maximum atomic E-state index is 12.2. The van der Waals surface area contributed by atoms with Crippen molar-refractivity contribution in [3.8, 4) is 0 Å². The van der Waals surface area contributed by atoms with Gasteiger partial charge in [0, 0.05) is 13.1 Å². The minimum absolute atomic E-state index is 0.179. The second-order valence-corrected chi connectivity index (χ2v) is 7.04. The molecule has 1 N–H and O–H groups in total. The molecule has 1 aliphatic rings. The average molecular weight is 342 g/mol. The van der Waals surface area contributed by atoms with Crippen molar-refractivity contribution < 1.29 is 4.79 Å². The minimum Gasteiger partial charge on any atom is -0.342 e. The van der Waals surface area contributed by atoms with Crippen LogP contribution in [0.2, 0.25) is 0 Å². The highest BCUT2D eigenvalue weighted by molar-refractivity contribution is 7.99. The van der Waals surface area contributed by atoms with Crippen LogP contribution >= 0.6 is 11.8 Å². The molecule has 0 spiro atoms. The molecule has 1 aromatic heterocycles. The highest BCUT2D eigenvalue weighted by atomic mass is 32.2. The van der Waals surface area contributed by atoms with Crippen LogP contribution in [0.4, 0.5) is 0 Å². The van der Waals surface area contributed by atoms with E-state index < -0.39 is 0 Å². The molecule has 1 amide bonds. The van der Waals surface area contributed by atoms with Gasteiger partial charge in [-0.3, -0.25) is 9.89 Å². The van der Waals surface area contributed by atoms with Crippen LogP contribution in [0, 0.1) is 5.92 Å². The van der Waals surface area contributed by atoms with Crippen molar-refractivity contribution >= 4 is 29.8 Å². The number of piperidine rings is 1. The molecule has 2 heterocycles. The lowest BCUT2D eigenvalue weighted by molar-refractivity contribution is -0.129. The number of hydrogen-bond donors (Lipinski definition) is 1. The van der Waals surface area contributed by atoms with Crippen molar-refractivity contribution in [3.63, 3.8) is 0 Å². The van der Waals surface area contributed by atoms with Crippen molar-refractivity contribution in [2.24, 2.45) is 5.92 Å². The number of benzene rings is 1. The van der Waals surface area contributed by atoms with E-state index >= 15 is 0 Å². The lowest BCUT2D eigenvalue weighted by Crippen LogP contribution is -2.38.